The lowest BCUT2D eigenvalue weighted by atomic mass is 10.2. The zero-order valence-corrected chi connectivity index (χ0v) is 12.8. The maximum absolute atomic E-state index is 12.3. The Hall–Kier alpha value is -1.85. The lowest BCUT2D eigenvalue weighted by Gasteiger charge is -2.03. The van der Waals surface area contributed by atoms with Crippen molar-refractivity contribution in [3.05, 3.63) is 57.9 Å². The van der Waals surface area contributed by atoms with E-state index in [0.29, 0.717) is 10.6 Å². The van der Waals surface area contributed by atoms with Crippen molar-refractivity contribution in [2.24, 2.45) is 0 Å². The molecule has 0 saturated heterocycles. The highest BCUT2D eigenvalue weighted by atomic mass is 79.9. The minimum atomic E-state index is -0.175. The number of hydrogen-bond donors (Lipinski definition) is 2. The highest BCUT2D eigenvalue weighted by Gasteiger charge is 2.16. The molecule has 0 atom stereocenters. The Labute approximate surface area is 128 Å². The minimum absolute atomic E-state index is 0.175. The van der Waals surface area contributed by atoms with Crippen molar-refractivity contribution in [1.29, 1.82) is 0 Å². The fourth-order valence-corrected chi connectivity index (χ4v) is 3.33. The number of anilines is 2. The van der Waals surface area contributed by atoms with Crippen molar-refractivity contribution >= 4 is 54.6 Å². The van der Waals surface area contributed by atoms with E-state index in [1.54, 1.807) is 0 Å². The van der Waals surface area contributed by atoms with Crippen LogP contribution < -0.4 is 11.1 Å². The van der Waals surface area contributed by atoms with Crippen molar-refractivity contribution < 1.29 is 4.79 Å². The SMILES string of the molecule is Nc1c(C(=O)Nc2ccccc2)sc2ccc(Br)cc12. The Bertz CT molecular complexity index is 783. The Balaban J connectivity index is 1.98. The van der Waals surface area contributed by atoms with Crippen LogP contribution in [-0.2, 0) is 0 Å². The number of para-hydroxylation sites is 1. The van der Waals surface area contributed by atoms with Gasteiger partial charge in [-0.1, -0.05) is 34.1 Å². The molecule has 3 rings (SSSR count). The molecular formula is C15H11BrN2OS. The van der Waals surface area contributed by atoms with Gasteiger partial charge in [-0.3, -0.25) is 4.79 Å². The molecule has 5 heteroatoms. The third-order valence-electron chi connectivity index (χ3n) is 2.93. The highest BCUT2D eigenvalue weighted by Crippen LogP contribution is 2.35. The molecule has 0 spiro atoms. The number of nitrogen functional groups attached to an aromatic ring is 1. The molecule has 0 unspecified atom stereocenters. The Morgan fingerprint density at radius 1 is 1.15 bits per heavy atom. The van der Waals surface area contributed by atoms with Crippen molar-refractivity contribution in [2.45, 2.75) is 0 Å². The summed E-state index contributed by atoms with van der Waals surface area (Å²) in [5.74, 6) is -0.175. The van der Waals surface area contributed by atoms with E-state index >= 15 is 0 Å². The molecule has 1 heterocycles. The summed E-state index contributed by atoms with van der Waals surface area (Å²) in [7, 11) is 0. The molecule has 3 nitrogen and oxygen atoms in total. The average molecular weight is 347 g/mol. The second kappa shape index (κ2) is 5.26. The van der Waals surface area contributed by atoms with E-state index in [-0.39, 0.29) is 5.91 Å². The molecule has 1 aromatic heterocycles. The van der Waals surface area contributed by atoms with Gasteiger partial charge >= 0.3 is 0 Å². The average Bonchev–Trinajstić information content (AvgIpc) is 2.77. The van der Waals surface area contributed by atoms with Gasteiger partial charge in [0.25, 0.3) is 5.91 Å². The number of fused-ring (bicyclic) bond motifs is 1. The molecule has 20 heavy (non-hydrogen) atoms. The fraction of sp³-hybridized carbons (Fsp3) is 0. The van der Waals surface area contributed by atoms with Gasteiger partial charge in [0.2, 0.25) is 0 Å². The third kappa shape index (κ3) is 2.42. The van der Waals surface area contributed by atoms with Gasteiger partial charge < -0.3 is 11.1 Å². The van der Waals surface area contributed by atoms with Crippen LogP contribution in [-0.4, -0.2) is 5.91 Å². The predicted octanol–water partition coefficient (Wildman–Crippen LogP) is 4.50. The van der Waals surface area contributed by atoms with Crippen LogP contribution in [0.15, 0.2) is 53.0 Å². The topological polar surface area (TPSA) is 55.1 Å². The zero-order chi connectivity index (χ0) is 14.1. The molecule has 0 bridgehead atoms. The summed E-state index contributed by atoms with van der Waals surface area (Å²) >= 11 is 4.82. The number of benzene rings is 2. The van der Waals surface area contributed by atoms with Crippen molar-refractivity contribution in [3.8, 4) is 0 Å². The standard InChI is InChI=1S/C15H11BrN2OS/c16-9-6-7-12-11(8-9)13(17)14(20-12)15(19)18-10-4-2-1-3-5-10/h1-8H,17H2,(H,18,19). The van der Waals surface area contributed by atoms with Crippen molar-refractivity contribution in [1.82, 2.24) is 0 Å². The highest BCUT2D eigenvalue weighted by molar-refractivity contribution is 9.10. The van der Waals surface area contributed by atoms with E-state index in [2.05, 4.69) is 21.2 Å². The Morgan fingerprint density at radius 3 is 2.65 bits per heavy atom. The molecule has 2 aromatic carbocycles. The van der Waals surface area contributed by atoms with Gasteiger partial charge in [-0.15, -0.1) is 11.3 Å². The van der Waals surface area contributed by atoms with E-state index in [9.17, 15) is 4.79 Å². The molecule has 0 radical (unpaired) electrons. The van der Waals surface area contributed by atoms with Crippen molar-refractivity contribution in [3.63, 3.8) is 0 Å². The number of carbonyl (C=O) groups is 1. The molecule has 3 aromatic rings. The summed E-state index contributed by atoms with van der Waals surface area (Å²) in [6.07, 6.45) is 0. The summed E-state index contributed by atoms with van der Waals surface area (Å²) in [4.78, 5) is 12.8. The molecule has 0 aliphatic rings. The molecule has 0 saturated carbocycles. The number of hydrogen-bond acceptors (Lipinski definition) is 3. The molecule has 100 valence electrons. The third-order valence-corrected chi connectivity index (χ3v) is 4.60. The summed E-state index contributed by atoms with van der Waals surface area (Å²) in [6, 6.07) is 15.2. The first-order valence-electron chi connectivity index (χ1n) is 5.99. The van der Waals surface area contributed by atoms with Gasteiger partial charge in [-0.25, -0.2) is 0 Å². The summed E-state index contributed by atoms with van der Waals surface area (Å²) in [5.41, 5.74) is 7.38. The van der Waals surface area contributed by atoms with E-state index < -0.39 is 0 Å². The molecule has 0 aliphatic carbocycles. The summed E-state index contributed by atoms with van der Waals surface area (Å²) < 4.78 is 1.95. The lowest BCUT2D eigenvalue weighted by molar-refractivity contribution is 0.103. The van der Waals surface area contributed by atoms with E-state index in [0.717, 1.165) is 20.2 Å². The number of nitrogens with two attached hydrogens (primary N) is 1. The number of thiophene rings is 1. The maximum Gasteiger partial charge on any atom is 0.267 e. The van der Waals surface area contributed by atoms with Gasteiger partial charge in [0.1, 0.15) is 4.88 Å². The van der Waals surface area contributed by atoms with Crippen LogP contribution in [0.3, 0.4) is 0 Å². The Morgan fingerprint density at radius 2 is 1.90 bits per heavy atom. The van der Waals surface area contributed by atoms with Crippen LogP contribution in [0.5, 0.6) is 0 Å². The number of amides is 1. The number of carbonyl (C=O) groups excluding carboxylic acids is 1. The van der Waals surface area contributed by atoms with Crippen LogP contribution in [0.2, 0.25) is 0 Å². The monoisotopic (exact) mass is 346 g/mol. The quantitative estimate of drug-likeness (QED) is 0.717. The molecule has 3 N–H and O–H groups in total. The first kappa shape index (κ1) is 13.1. The van der Waals surface area contributed by atoms with Crippen LogP contribution in [0.1, 0.15) is 9.67 Å². The molecule has 1 amide bonds. The predicted molar refractivity (Wildman–Crippen MR) is 88.3 cm³/mol. The van der Waals surface area contributed by atoms with Gasteiger partial charge in [-0.05, 0) is 30.3 Å². The largest absolute Gasteiger partial charge is 0.397 e. The van der Waals surface area contributed by atoms with Gasteiger partial charge in [0, 0.05) is 20.2 Å². The second-order valence-corrected chi connectivity index (χ2v) is 6.27. The van der Waals surface area contributed by atoms with Crippen molar-refractivity contribution in [2.75, 3.05) is 11.1 Å². The van der Waals surface area contributed by atoms with Crippen LogP contribution in [0, 0.1) is 0 Å². The van der Waals surface area contributed by atoms with Gasteiger partial charge in [-0.2, -0.15) is 0 Å². The van der Waals surface area contributed by atoms with Crippen LogP contribution in [0.4, 0.5) is 11.4 Å². The first-order chi connectivity index (χ1) is 9.65. The summed E-state index contributed by atoms with van der Waals surface area (Å²) in [6.45, 7) is 0. The summed E-state index contributed by atoms with van der Waals surface area (Å²) in [5, 5.41) is 3.76. The number of halogens is 1. The normalized spacial score (nSPS) is 10.7. The lowest BCUT2D eigenvalue weighted by Crippen LogP contribution is -2.11. The minimum Gasteiger partial charge on any atom is -0.397 e. The number of nitrogens with one attached hydrogen (secondary N) is 1. The molecular weight excluding hydrogens is 336 g/mol. The van der Waals surface area contributed by atoms with E-state index in [1.807, 2.05) is 48.5 Å². The van der Waals surface area contributed by atoms with Gasteiger partial charge in [0.15, 0.2) is 0 Å². The smallest absolute Gasteiger partial charge is 0.267 e. The zero-order valence-electron chi connectivity index (χ0n) is 10.4. The van der Waals surface area contributed by atoms with Crippen LogP contribution in [0.25, 0.3) is 10.1 Å². The molecule has 0 fully saturated rings. The van der Waals surface area contributed by atoms with Gasteiger partial charge in [0.05, 0.1) is 5.69 Å². The molecule has 0 aliphatic heterocycles. The number of rotatable bonds is 2. The fourth-order valence-electron chi connectivity index (χ4n) is 1.97. The first-order valence-corrected chi connectivity index (χ1v) is 7.60. The van der Waals surface area contributed by atoms with E-state index in [4.69, 9.17) is 5.73 Å². The second-order valence-electron chi connectivity index (χ2n) is 4.31. The van der Waals surface area contributed by atoms with E-state index in [1.165, 1.54) is 11.3 Å². The Kier molecular flexibility index (Phi) is 3.46. The maximum atomic E-state index is 12.3. The van der Waals surface area contributed by atoms with Crippen LogP contribution >= 0.6 is 27.3 Å².